The number of aryl methyl sites for hydroxylation is 1. The van der Waals surface area contributed by atoms with Crippen molar-refractivity contribution >= 4 is 22.7 Å². The van der Waals surface area contributed by atoms with E-state index in [1.807, 2.05) is 36.5 Å². The van der Waals surface area contributed by atoms with Crippen molar-refractivity contribution in [1.82, 2.24) is 15.8 Å². The highest BCUT2D eigenvalue weighted by atomic mass is 16.6. The van der Waals surface area contributed by atoms with Gasteiger partial charge in [0.1, 0.15) is 6.61 Å². The van der Waals surface area contributed by atoms with E-state index in [9.17, 15) is 9.59 Å². The van der Waals surface area contributed by atoms with Crippen LogP contribution in [-0.2, 0) is 16.0 Å². The van der Waals surface area contributed by atoms with E-state index in [0.29, 0.717) is 17.9 Å². The summed E-state index contributed by atoms with van der Waals surface area (Å²) >= 11 is 0. The average Bonchev–Trinajstić information content (AvgIpc) is 3.13. The SMILES string of the molecule is O=C(CCc1c[nH]c2ccccc12)NNC(=O)C1COc2ccccc2O1. The third-order valence-corrected chi connectivity index (χ3v) is 4.42. The molecule has 138 valence electrons. The van der Waals surface area contributed by atoms with Gasteiger partial charge >= 0.3 is 0 Å². The predicted octanol–water partition coefficient (Wildman–Crippen LogP) is 2.09. The molecule has 1 aliphatic rings. The molecule has 0 spiro atoms. The number of hydrazine groups is 1. The fourth-order valence-electron chi connectivity index (χ4n) is 3.01. The lowest BCUT2D eigenvalue weighted by atomic mass is 10.1. The summed E-state index contributed by atoms with van der Waals surface area (Å²) < 4.78 is 11.1. The lowest BCUT2D eigenvalue weighted by Gasteiger charge is -2.25. The summed E-state index contributed by atoms with van der Waals surface area (Å²) in [4.78, 5) is 27.4. The van der Waals surface area contributed by atoms with Crippen LogP contribution in [-0.4, -0.2) is 29.5 Å². The minimum Gasteiger partial charge on any atom is -0.485 e. The predicted molar refractivity (Wildman–Crippen MR) is 99.3 cm³/mol. The highest BCUT2D eigenvalue weighted by molar-refractivity contribution is 5.86. The second-order valence-electron chi connectivity index (χ2n) is 6.26. The van der Waals surface area contributed by atoms with Crippen LogP contribution in [0.4, 0.5) is 0 Å². The molecule has 0 saturated carbocycles. The van der Waals surface area contributed by atoms with Crippen molar-refractivity contribution in [2.24, 2.45) is 0 Å². The first-order valence-electron chi connectivity index (χ1n) is 8.73. The molecule has 0 bridgehead atoms. The van der Waals surface area contributed by atoms with Crippen LogP contribution in [0.2, 0.25) is 0 Å². The first-order chi connectivity index (χ1) is 13.2. The van der Waals surface area contributed by atoms with Crippen LogP contribution in [0.25, 0.3) is 10.9 Å². The van der Waals surface area contributed by atoms with E-state index >= 15 is 0 Å². The Morgan fingerprint density at radius 2 is 1.81 bits per heavy atom. The molecule has 0 radical (unpaired) electrons. The number of aromatic nitrogens is 1. The van der Waals surface area contributed by atoms with Gasteiger partial charge in [-0.2, -0.15) is 0 Å². The lowest BCUT2D eigenvalue weighted by Crippen LogP contribution is -2.50. The number of H-pyrrole nitrogens is 1. The maximum absolute atomic E-state index is 12.2. The number of hydrogen-bond acceptors (Lipinski definition) is 4. The van der Waals surface area contributed by atoms with Gasteiger partial charge in [-0.3, -0.25) is 20.4 Å². The van der Waals surface area contributed by atoms with E-state index in [0.717, 1.165) is 16.5 Å². The molecule has 0 aliphatic carbocycles. The zero-order chi connectivity index (χ0) is 18.6. The van der Waals surface area contributed by atoms with Gasteiger partial charge in [-0.1, -0.05) is 30.3 Å². The summed E-state index contributed by atoms with van der Waals surface area (Å²) in [6.45, 7) is 0.0913. The molecule has 3 N–H and O–H groups in total. The second-order valence-corrected chi connectivity index (χ2v) is 6.26. The minimum absolute atomic E-state index is 0.0913. The molecule has 2 amide bonds. The van der Waals surface area contributed by atoms with E-state index < -0.39 is 12.0 Å². The molecule has 0 saturated heterocycles. The number of carbonyl (C=O) groups is 2. The summed E-state index contributed by atoms with van der Waals surface area (Å²) in [5.41, 5.74) is 6.93. The van der Waals surface area contributed by atoms with Gasteiger partial charge in [-0.05, 0) is 30.2 Å². The molecule has 1 unspecified atom stereocenters. The topological polar surface area (TPSA) is 92.5 Å². The van der Waals surface area contributed by atoms with Crippen LogP contribution >= 0.6 is 0 Å². The van der Waals surface area contributed by atoms with Gasteiger partial charge in [-0.25, -0.2) is 0 Å². The van der Waals surface area contributed by atoms with Gasteiger partial charge < -0.3 is 14.5 Å². The third kappa shape index (κ3) is 3.72. The van der Waals surface area contributed by atoms with Crippen LogP contribution in [0.1, 0.15) is 12.0 Å². The highest BCUT2D eigenvalue weighted by Gasteiger charge is 2.27. The Kier molecular flexibility index (Phi) is 4.65. The average molecular weight is 365 g/mol. The Morgan fingerprint density at radius 1 is 1.04 bits per heavy atom. The zero-order valence-corrected chi connectivity index (χ0v) is 14.5. The molecule has 3 aromatic rings. The van der Waals surface area contributed by atoms with Gasteiger partial charge in [0.05, 0.1) is 0 Å². The largest absolute Gasteiger partial charge is 0.485 e. The van der Waals surface area contributed by atoms with Crippen molar-refractivity contribution < 1.29 is 19.1 Å². The molecule has 1 atom stereocenters. The number of rotatable bonds is 4. The zero-order valence-electron chi connectivity index (χ0n) is 14.5. The van der Waals surface area contributed by atoms with E-state index in [1.165, 1.54) is 0 Å². The molecule has 1 aromatic heterocycles. The number of nitrogens with one attached hydrogen (secondary N) is 3. The highest BCUT2D eigenvalue weighted by Crippen LogP contribution is 2.30. The van der Waals surface area contributed by atoms with E-state index in [-0.39, 0.29) is 18.9 Å². The Morgan fingerprint density at radius 3 is 2.70 bits per heavy atom. The summed E-state index contributed by atoms with van der Waals surface area (Å²) in [6.07, 6.45) is 1.92. The maximum atomic E-state index is 12.2. The van der Waals surface area contributed by atoms with Crippen molar-refractivity contribution in [1.29, 1.82) is 0 Å². The van der Waals surface area contributed by atoms with Crippen molar-refractivity contribution in [2.75, 3.05) is 6.61 Å². The number of para-hydroxylation sites is 3. The molecule has 0 fully saturated rings. The molecule has 1 aliphatic heterocycles. The molecule has 7 nitrogen and oxygen atoms in total. The quantitative estimate of drug-likeness (QED) is 0.617. The third-order valence-electron chi connectivity index (χ3n) is 4.42. The summed E-state index contributed by atoms with van der Waals surface area (Å²) in [6, 6.07) is 15.1. The summed E-state index contributed by atoms with van der Waals surface area (Å²) in [5, 5.41) is 1.10. The van der Waals surface area contributed by atoms with Crippen LogP contribution in [0, 0.1) is 0 Å². The second kappa shape index (κ2) is 7.41. The Balaban J connectivity index is 1.26. The van der Waals surface area contributed by atoms with E-state index in [2.05, 4.69) is 15.8 Å². The van der Waals surface area contributed by atoms with Gasteiger partial charge in [-0.15, -0.1) is 0 Å². The number of benzene rings is 2. The maximum Gasteiger partial charge on any atom is 0.283 e. The number of fused-ring (bicyclic) bond motifs is 2. The van der Waals surface area contributed by atoms with Crippen molar-refractivity contribution in [2.45, 2.75) is 18.9 Å². The van der Waals surface area contributed by atoms with Crippen molar-refractivity contribution in [3.8, 4) is 11.5 Å². The van der Waals surface area contributed by atoms with Gasteiger partial charge in [0.25, 0.3) is 5.91 Å². The van der Waals surface area contributed by atoms with Gasteiger partial charge in [0, 0.05) is 23.5 Å². The fraction of sp³-hybridized carbons (Fsp3) is 0.200. The molecule has 7 heteroatoms. The number of aromatic amines is 1. The normalized spacial score (nSPS) is 15.3. The van der Waals surface area contributed by atoms with Crippen molar-refractivity contribution in [3.05, 3.63) is 60.3 Å². The standard InChI is InChI=1S/C20H19N3O4/c24-19(10-9-13-11-21-15-6-2-1-5-14(13)15)22-23-20(25)18-12-26-16-7-3-4-8-17(16)27-18/h1-8,11,18,21H,9-10,12H2,(H,22,24)(H,23,25). The molecule has 27 heavy (non-hydrogen) atoms. The molecular formula is C20H19N3O4. The Labute approximate surface area is 155 Å². The fourth-order valence-corrected chi connectivity index (χ4v) is 3.01. The van der Waals surface area contributed by atoms with Crippen molar-refractivity contribution in [3.63, 3.8) is 0 Å². The van der Waals surface area contributed by atoms with E-state index in [4.69, 9.17) is 9.47 Å². The van der Waals surface area contributed by atoms with Crippen LogP contribution < -0.4 is 20.3 Å². The minimum atomic E-state index is -0.811. The first-order valence-corrected chi connectivity index (χ1v) is 8.73. The number of ether oxygens (including phenoxy) is 2. The lowest BCUT2D eigenvalue weighted by molar-refractivity contribution is -0.135. The van der Waals surface area contributed by atoms with E-state index in [1.54, 1.807) is 18.2 Å². The van der Waals surface area contributed by atoms with Gasteiger partial charge in [0.2, 0.25) is 12.0 Å². The smallest absolute Gasteiger partial charge is 0.283 e. The number of hydrogen-bond donors (Lipinski definition) is 3. The Bertz CT molecular complexity index is 982. The molecule has 4 rings (SSSR count). The van der Waals surface area contributed by atoms with Gasteiger partial charge in [0.15, 0.2) is 11.5 Å². The number of amides is 2. The number of carbonyl (C=O) groups excluding carboxylic acids is 2. The summed E-state index contributed by atoms with van der Waals surface area (Å²) in [5.74, 6) is 0.384. The molecule has 2 aromatic carbocycles. The van der Waals surface area contributed by atoms with Crippen LogP contribution in [0.3, 0.4) is 0 Å². The molecular weight excluding hydrogens is 346 g/mol. The van der Waals surface area contributed by atoms with Crippen LogP contribution in [0.5, 0.6) is 11.5 Å². The Hall–Kier alpha value is -3.48. The van der Waals surface area contributed by atoms with Crippen LogP contribution in [0.15, 0.2) is 54.7 Å². The first kappa shape index (κ1) is 17.0. The monoisotopic (exact) mass is 365 g/mol. The molecule has 2 heterocycles. The summed E-state index contributed by atoms with van der Waals surface area (Å²) in [7, 11) is 0.